The van der Waals surface area contributed by atoms with Crippen LogP contribution in [0.5, 0.6) is 0 Å². The Kier molecular flexibility index (Phi) is 5.79. The number of carbonyl (C=O) groups excluding carboxylic acids is 2. The number of nitro groups is 3. The van der Waals surface area contributed by atoms with Crippen LogP contribution in [0.25, 0.3) is 0 Å². The average molecular weight is 482 g/mol. The monoisotopic (exact) mass is 482 g/mol. The molecule has 0 saturated heterocycles. The molecule has 0 saturated carbocycles. The van der Waals surface area contributed by atoms with Gasteiger partial charge >= 0.3 is 11.9 Å². The molecule has 34 heavy (non-hydrogen) atoms. The topological polar surface area (TPSA) is 249 Å². The predicted octanol–water partition coefficient (Wildman–Crippen LogP) is 0.338. The van der Waals surface area contributed by atoms with Gasteiger partial charge in [0.2, 0.25) is 6.04 Å². The highest BCUT2D eigenvalue weighted by atomic mass is 16.8. The Morgan fingerprint density at radius 1 is 1.00 bits per heavy atom. The number of benzene rings is 1. The second-order valence-corrected chi connectivity index (χ2v) is 7.17. The molecule has 0 amide bonds. The molecule has 2 aliphatic rings. The Morgan fingerprint density at radius 3 is 2.06 bits per heavy atom. The number of esters is 2. The average Bonchev–Trinajstić information content (AvgIpc) is 2.76. The number of aliphatic hydroxyl groups excluding tert-OH is 1. The Bertz CT molecular complexity index is 1220. The zero-order valence-electron chi connectivity index (χ0n) is 17.1. The normalized spacial score (nSPS) is 24.5. The number of aliphatic hydroxyl groups is 1. The molecular weight excluding hydrogens is 468 g/mol. The highest BCUT2D eigenvalue weighted by Gasteiger charge is 2.66. The third kappa shape index (κ3) is 3.29. The standard InChI is InChI=1S/C17H14N4O13/c1-33-16(23)11-9-6-3-5(18(25)26)4-7(19(27)28)8(6)13(20(29)30)10(14(9)21(31)32)12(15(11)22)17(24)34-2/h3-4,9-10,12,14,22H,1-2H3,(H,29,30)/t9-,10-,12+,14+/m0/s1. The zero-order valence-corrected chi connectivity index (χ0v) is 17.1. The van der Waals surface area contributed by atoms with Crippen molar-refractivity contribution < 1.29 is 49.0 Å². The van der Waals surface area contributed by atoms with Crippen LogP contribution in [0.4, 0.5) is 11.4 Å². The fourth-order valence-corrected chi connectivity index (χ4v) is 4.51. The Hall–Kier alpha value is -4.83. The van der Waals surface area contributed by atoms with Crippen LogP contribution in [-0.2, 0) is 19.1 Å². The first kappa shape index (κ1) is 23.8. The van der Waals surface area contributed by atoms with E-state index in [4.69, 9.17) is 0 Å². The van der Waals surface area contributed by atoms with Crippen molar-refractivity contribution in [2.75, 3.05) is 14.2 Å². The van der Waals surface area contributed by atoms with E-state index < -0.39 is 95.0 Å². The molecule has 0 unspecified atom stereocenters. The van der Waals surface area contributed by atoms with Gasteiger partial charge in [0, 0.05) is 15.9 Å². The molecule has 2 aliphatic carbocycles. The molecule has 2 N–H and O–H groups in total. The first-order valence-electron chi connectivity index (χ1n) is 9.11. The summed E-state index contributed by atoms with van der Waals surface area (Å²) in [5, 5.41) is 68.0. The number of carbonyl (C=O) groups is 2. The molecule has 17 heteroatoms. The first-order chi connectivity index (χ1) is 15.9. The molecule has 0 radical (unpaired) electrons. The summed E-state index contributed by atoms with van der Waals surface area (Å²) in [7, 11) is 1.67. The number of rotatable bonds is 5. The molecule has 0 aliphatic heterocycles. The zero-order chi connectivity index (χ0) is 25.6. The largest absolute Gasteiger partial charge is 0.511 e. The number of ether oxygens (including phenoxy) is 2. The van der Waals surface area contributed by atoms with Crippen molar-refractivity contribution in [2.24, 2.45) is 11.8 Å². The Morgan fingerprint density at radius 2 is 1.62 bits per heavy atom. The van der Waals surface area contributed by atoms with E-state index in [9.17, 15) is 55.5 Å². The summed E-state index contributed by atoms with van der Waals surface area (Å²) in [6.45, 7) is 0. The summed E-state index contributed by atoms with van der Waals surface area (Å²) in [6.07, 6.45) is 0. The van der Waals surface area contributed by atoms with Gasteiger partial charge in [-0.1, -0.05) is 0 Å². The van der Waals surface area contributed by atoms with Crippen LogP contribution in [-0.4, -0.2) is 67.9 Å². The molecule has 1 aromatic carbocycles. The molecule has 2 bridgehead atoms. The molecule has 0 spiro atoms. The van der Waals surface area contributed by atoms with Gasteiger partial charge in [-0.25, -0.2) is 4.79 Å². The van der Waals surface area contributed by atoms with Gasteiger partial charge in [-0.05, 0) is 5.56 Å². The number of nitrogens with zero attached hydrogens (tertiary/aromatic N) is 4. The smallest absolute Gasteiger partial charge is 0.338 e. The highest BCUT2D eigenvalue weighted by molar-refractivity contribution is 6.10. The maximum Gasteiger partial charge on any atom is 0.338 e. The van der Waals surface area contributed by atoms with E-state index in [1.165, 1.54) is 0 Å². The summed E-state index contributed by atoms with van der Waals surface area (Å²) in [4.78, 5) is 56.1. The molecule has 4 atom stereocenters. The van der Waals surface area contributed by atoms with E-state index in [-0.39, 0.29) is 0 Å². The molecule has 17 nitrogen and oxygen atoms in total. The van der Waals surface area contributed by atoms with Crippen molar-refractivity contribution in [3.8, 4) is 0 Å². The number of nitro benzene ring substituents is 2. The minimum absolute atomic E-state index is 0.444. The van der Waals surface area contributed by atoms with Gasteiger partial charge in [0.25, 0.3) is 17.1 Å². The van der Waals surface area contributed by atoms with Gasteiger partial charge in [0.1, 0.15) is 23.2 Å². The molecule has 3 rings (SSSR count). The van der Waals surface area contributed by atoms with Gasteiger partial charge < -0.3 is 19.8 Å². The summed E-state index contributed by atoms with van der Waals surface area (Å²) in [5.41, 5.74) is -5.47. The maximum absolute atomic E-state index is 12.6. The Labute approximate surface area is 187 Å². The van der Waals surface area contributed by atoms with Crippen molar-refractivity contribution in [3.63, 3.8) is 0 Å². The third-order valence-electron chi connectivity index (χ3n) is 5.71. The van der Waals surface area contributed by atoms with Crippen molar-refractivity contribution >= 4 is 29.0 Å². The number of hydrogen-bond acceptors (Lipinski definition) is 13. The van der Waals surface area contributed by atoms with Gasteiger partial charge in [0.05, 0.1) is 41.6 Å². The van der Waals surface area contributed by atoms with Gasteiger partial charge in [0.15, 0.2) is 0 Å². The van der Waals surface area contributed by atoms with Gasteiger partial charge in [-0.2, -0.15) is 0 Å². The lowest BCUT2D eigenvalue weighted by molar-refractivity contribution is -0.728. The summed E-state index contributed by atoms with van der Waals surface area (Å²) < 4.78 is 9.10. The second-order valence-electron chi connectivity index (χ2n) is 7.17. The van der Waals surface area contributed by atoms with Crippen molar-refractivity contribution in [3.05, 3.63) is 70.1 Å². The predicted molar refractivity (Wildman–Crippen MR) is 103 cm³/mol. The van der Waals surface area contributed by atoms with Crippen molar-refractivity contribution in [1.29, 1.82) is 0 Å². The van der Waals surface area contributed by atoms with E-state index in [0.29, 0.717) is 12.1 Å². The minimum Gasteiger partial charge on any atom is -0.511 e. The number of non-ortho nitro benzene ring substituents is 1. The molecule has 0 fully saturated rings. The quantitative estimate of drug-likeness (QED) is 0.189. The number of hydrogen-bond donors (Lipinski definition) is 2. The Balaban J connectivity index is 2.63. The van der Waals surface area contributed by atoms with E-state index in [1.54, 1.807) is 0 Å². The lowest BCUT2D eigenvalue weighted by Gasteiger charge is -2.39. The van der Waals surface area contributed by atoms with Gasteiger partial charge in [-0.15, -0.1) is 0 Å². The first-order valence-corrected chi connectivity index (χ1v) is 9.11. The summed E-state index contributed by atoms with van der Waals surface area (Å²) in [5.74, 6) is -10.0. The lowest BCUT2D eigenvalue weighted by Crippen LogP contribution is -2.56. The summed E-state index contributed by atoms with van der Waals surface area (Å²) >= 11 is 0. The minimum atomic E-state index is -2.18. The molecular formula is C17H14N4O13. The van der Waals surface area contributed by atoms with Gasteiger partial charge in [-0.3, -0.25) is 40.3 Å². The van der Waals surface area contributed by atoms with Crippen LogP contribution in [0.1, 0.15) is 17.0 Å². The molecule has 0 heterocycles. The second kappa shape index (κ2) is 8.26. The molecule has 180 valence electrons. The highest BCUT2D eigenvalue weighted by Crippen LogP contribution is 2.53. The fraction of sp³-hybridized carbons (Fsp3) is 0.353. The fourth-order valence-electron chi connectivity index (χ4n) is 4.51. The van der Waals surface area contributed by atoms with E-state index >= 15 is 0 Å². The maximum atomic E-state index is 12.6. The van der Waals surface area contributed by atoms with Crippen LogP contribution >= 0.6 is 0 Å². The SMILES string of the molecule is COC(=O)C1=C(O)[C@H](C(=O)OC)[C@H]2C(=[N+]([O-])O)c3c(cc([N+](=O)[O-])cc3[N+](=O)[O-])[C@@H]1[C@H]2[N+](=O)[O-]. The van der Waals surface area contributed by atoms with Crippen LogP contribution < -0.4 is 0 Å². The summed E-state index contributed by atoms with van der Waals surface area (Å²) in [6, 6.07) is -1.10. The van der Waals surface area contributed by atoms with E-state index in [2.05, 4.69) is 9.47 Å². The van der Waals surface area contributed by atoms with E-state index in [1.807, 2.05) is 0 Å². The van der Waals surface area contributed by atoms with Crippen LogP contribution in [0.3, 0.4) is 0 Å². The van der Waals surface area contributed by atoms with E-state index in [0.717, 1.165) is 14.2 Å². The third-order valence-corrected chi connectivity index (χ3v) is 5.71. The van der Waals surface area contributed by atoms with Crippen molar-refractivity contribution in [2.45, 2.75) is 12.0 Å². The number of methoxy groups -OCH3 is 2. The molecule has 0 aromatic heterocycles. The van der Waals surface area contributed by atoms with Crippen LogP contribution in [0, 0.1) is 47.4 Å². The van der Waals surface area contributed by atoms with Crippen LogP contribution in [0.15, 0.2) is 23.5 Å². The number of fused-ring (bicyclic) bond motifs is 4. The van der Waals surface area contributed by atoms with Crippen molar-refractivity contribution in [1.82, 2.24) is 0 Å². The lowest BCUT2D eigenvalue weighted by atomic mass is 9.60. The van der Waals surface area contributed by atoms with Crippen LogP contribution in [0.2, 0.25) is 0 Å². The molecule has 1 aromatic rings.